The lowest BCUT2D eigenvalue weighted by Crippen LogP contribution is -2.34. The van der Waals surface area contributed by atoms with Crippen LogP contribution >= 0.6 is 35.4 Å². The third-order valence-electron chi connectivity index (χ3n) is 4.93. The number of hydrogen-bond acceptors (Lipinski definition) is 4. The second kappa shape index (κ2) is 13.1. The molecule has 0 saturated heterocycles. The number of carbonyl (C=O) groups is 2. The van der Waals surface area contributed by atoms with E-state index in [9.17, 15) is 9.59 Å². The Hall–Kier alpha value is -3.13. The molecule has 0 spiro atoms. The lowest BCUT2D eigenvalue weighted by atomic mass is 10.1. The summed E-state index contributed by atoms with van der Waals surface area (Å²) < 4.78 is 5.58. The van der Waals surface area contributed by atoms with Gasteiger partial charge >= 0.3 is 0 Å². The highest BCUT2D eigenvalue weighted by Crippen LogP contribution is 2.27. The van der Waals surface area contributed by atoms with Gasteiger partial charge in [0.2, 0.25) is 5.91 Å². The number of amides is 2. The molecule has 0 aliphatic carbocycles. The average molecular weight is 530 g/mol. The normalized spacial score (nSPS) is 10.4. The first-order valence-corrected chi connectivity index (χ1v) is 12.1. The first kappa shape index (κ1) is 26.5. The summed E-state index contributed by atoms with van der Waals surface area (Å²) in [6.45, 7) is 0.815. The monoisotopic (exact) mass is 529 g/mol. The third-order valence-corrected chi connectivity index (χ3v) is 5.66. The number of hydrogen-bond donors (Lipinski definition) is 2. The van der Waals surface area contributed by atoms with Crippen LogP contribution in [0.5, 0.6) is 5.75 Å². The van der Waals surface area contributed by atoms with Gasteiger partial charge in [0.15, 0.2) is 5.11 Å². The Labute approximate surface area is 220 Å². The maximum atomic E-state index is 12.8. The zero-order chi connectivity index (χ0) is 25.2. The Bertz CT molecular complexity index is 1190. The minimum absolute atomic E-state index is 0.117. The molecular weight excluding hydrogens is 505 g/mol. The Balaban J connectivity index is 1.44. The smallest absolute Gasteiger partial charge is 0.253 e. The van der Waals surface area contributed by atoms with E-state index in [1.54, 1.807) is 54.4 Å². The molecule has 0 aliphatic heterocycles. The molecule has 0 unspecified atom stereocenters. The molecule has 0 aliphatic rings. The third kappa shape index (κ3) is 8.55. The molecule has 2 N–H and O–H groups in total. The summed E-state index contributed by atoms with van der Waals surface area (Å²) in [5, 5.41) is 6.68. The molecule has 0 saturated carbocycles. The zero-order valence-electron chi connectivity index (χ0n) is 19.1. The molecule has 3 aromatic rings. The highest BCUT2D eigenvalue weighted by molar-refractivity contribution is 7.80. The van der Waals surface area contributed by atoms with Gasteiger partial charge in [-0.25, -0.2) is 0 Å². The highest BCUT2D eigenvalue weighted by Gasteiger charge is 2.13. The molecule has 0 bridgehead atoms. The number of ether oxygens (including phenoxy) is 1. The quantitative estimate of drug-likeness (QED) is 0.265. The minimum Gasteiger partial charge on any atom is -0.492 e. The van der Waals surface area contributed by atoms with Crippen molar-refractivity contribution in [3.8, 4) is 5.75 Å². The van der Waals surface area contributed by atoms with E-state index in [1.165, 1.54) is 0 Å². The number of nitrogens with zero attached hydrogens (tertiary/aromatic N) is 1. The van der Waals surface area contributed by atoms with Crippen LogP contribution in [0.2, 0.25) is 10.0 Å². The second-order valence-electron chi connectivity index (χ2n) is 7.76. The standard InChI is InChI=1S/C26H25Cl2N3O3S/c1-31(17-18-7-3-2-4-8-18)25(33)19-9-5-10-21(15-19)29-26(35)30-24(32)11-6-14-34-23-13-12-20(27)16-22(23)28/h2-5,7-10,12-13,15-16H,6,11,14,17H2,1H3,(H2,29,30,32,35). The van der Waals surface area contributed by atoms with E-state index in [2.05, 4.69) is 10.6 Å². The van der Waals surface area contributed by atoms with Crippen LogP contribution in [0.1, 0.15) is 28.8 Å². The van der Waals surface area contributed by atoms with Crippen LogP contribution in [0, 0.1) is 0 Å². The largest absolute Gasteiger partial charge is 0.492 e. The minimum atomic E-state index is -0.247. The summed E-state index contributed by atoms with van der Waals surface area (Å²) in [5.41, 5.74) is 2.17. The van der Waals surface area contributed by atoms with Gasteiger partial charge in [0.1, 0.15) is 5.75 Å². The van der Waals surface area contributed by atoms with Crippen molar-refractivity contribution in [3.63, 3.8) is 0 Å². The number of halogens is 2. The van der Waals surface area contributed by atoms with E-state index >= 15 is 0 Å². The van der Waals surface area contributed by atoms with Gasteiger partial charge in [-0.2, -0.15) is 0 Å². The number of thiocarbonyl (C=S) groups is 1. The molecular formula is C26H25Cl2N3O3S. The molecule has 2 amide bonds. The van der Waals surface area contributed by atoms with E-state index in [0.717, 1.165) is 5.56 Å². The summed E-state index contributed by atoms with van der Waals surface area (Å²) in [6, 6.07) is 21.7. The van der Waals surface area contributed by atoms with Crippen molar-refractivity contribution in [2.24, 2.45) is 0 Å². The van der Waals surface area contributed by atoms with Crippen LogP contribution < -0.4 is 15.4 Å². The molecule has 3 rings (SSSR count). The SMILES string of the molecule is CN(Cc1ccccc1)C(=O)c1cccc(NC(=S)NC(=O)CCCOc2ccc(Cl)cc2Cl)c1. The number of anilines is 1. The van der Waals surface area contributed by atoms with Crippen LogP contribution in [-0.4, -0.2) is 35.5 Å². The Morgan fingerprint density at radius 1 is 1.00 bits per heavy atom. The number of carbonyl (C=O) groups excluding carboxylic acids is 2. The predicted molar refractivity (Wildman–Crippen MR) is 144 cm³/mol. The number of benzene rings is 3. The van der Waals surface area contributed by atoms with Gasteiger partial charge in [0.25, 0.3) is 5.91 Å². The summed E-state index contributed by atoms with van der Waals surface area (Å²) >= 11 is 17.2. The van der Waals surface area contributed by atoms with Crippen LogP contribution in [-0.2, 0) is 11.3 Å². The van der Waals surface area contributed by atoms with Crippen LogP contribution in [0.3, 0.4) is 0 Å². The zero-order valence-corrected chi connectivity index (χ0v) is 21.4. The molecule has 0 aromatic heterocycles. The summed E-state index contributed by atoms with van der Waals surface area (Å²) in [6.07, 6.45) is 0.695. The van der Waals surface area contributed by atoms with Crippen LogP contribution in [0.15, 0.2) is 72.8 Å². The Morgan fingerprint density at radius 2 is 1.77 bits per heavy atom. The van der Waals surface area contributed by atoms with Gasteiger partial charge in [-0.1, -0.05) is 59.6 Å². The van der Waals surface area contributed by atoms with E-state index in [4.69, 9.17) is 40.2 Å². The Kier molecular flexibility index (Phi) is 9.90. The van der Waals surface area contributed by atoms with Crippen molar-refractivity contribution in [1.82, 2.24) is 10.2 Å². The van der Waals surface area contributed by atoms with E-state index in [1.807, 2.05) is 30.3 Å². The lowest BCUT2D eigenvalue weighted by molar-refractivity contribution is -0.119. The van der Waals surface area contributed by atoms with Crippen molar-refractivity contribution in [3.05, 3.63) is 94.0 Å². The first-order valence-electron chi connectivity index (χ1n) is 10.9. The maximum Gasteiger partial charge on any atom is 0.253 e. The van der Waals surface area contributed by atoms with Crippen LogP contribution in [0.4, 0.5) is 5.69 Å². The summed E-state index contributed by atoms with van der Waals surface area (Å²) in [4.78, 5) is 26.7. The highest BCUT2D eigenvalue weighted by atomic mass is 35.5. The second-order valence-corrected chi connectivity index (χ2v) is 9.01. The Morgan fingerprint density at radius 3 is 2.51 bits per heavy atom. The topological polar surface area (TPSA) is 70.7 Å². The van der Waals surface area contributed by atoms with Crippen molar-refractivity contribution < 1.29 is 14.3 Å². The van der Waals surface area contributed by atoms with E-state index in [0.29, 0.717) is 46.6 Å². The summed E-state index contributed by atoms with van der Waals surface area (Å²) in [7, 11) is 1.75. The average Bonchev–Trinajstić information content (AvgIpc) is 2.83. The molecule has 0 atom stereocenters. The number of nitrogens with one attached hydrogen (secondary N) is 2. The molecule has 182 valence electrons. The fraction of sp³-hybridized carbons (Fsp3) is 0.192. The van der Waals surface area contributed by atoms with Gasteiger partial charge in [-0.05, 0) is 60.6 Å². The molecule has 35 heavy (non-hydrogen) atoms. The lowest BCUT2D eigenvalue weighted by Gasteiger charge is -2.18. The van der Waals surface area contributed by atoms with Gasteiger partial charge < -0.3 is 20.3 Å². The fourth-order valence-corrected chi connectivity index (χ4v) is 3.93. The fourth-order valence-electron chi connectivity index (χ4n) is 3.24. The van der Waals surface area contributed by atoms with E-state index in [-0.39, 0.29) is 23.3 Å². The van der Waals surface area contributed by atoms with Gasteiger partial charge in [-0.3, -0.25) is 9.59 Å². The van der Waals surface area contributed by atoms with Crippen molar-refractivity contribution in [2.45, 2.75) is 19.4 Å². The van der Waals surface area contributed by atoms with E-state index < -0.39 is 0 Å². The molecule has 3 aromatic carbocycles. The summed E-state index contributed by atoms with van der Waals surface area (Å²) in [5.74, 6) is 0.147. The molecule has 9 heteroatoms. The van der Waals surface area contributed by atoms with Crippen LogP contribution in [0.25, 0.3) is 0 Å². The van der Waals surface area contributed by atoms with Gasteiger partial charge in [-0.15, -0.1) is 0 Å². The maximum absolute atomic E-state index is 12.8. The number of rotatable bonds is 9. The molecule has 0 fully saturated rings. The van der Waals surface area contributed by atoms with Crippen molar-refractivity contribution in [1.29, 1.82) is 0 Å². The molecule has 6 nitrogen and oxygen atoms in total. The van der Waals surface area contributed by atoms with Gasteiger partial charge in [0, 0.05) is 36.3 Å². The van der Waals surface area contributed by atoms with Crippen molar-refractivity contribution in [2.75, 3.05) is 19.0 Å². The molecule has 0 heterocycles. The van der Waals surface area contributed by atoms with Crippen molar-refractivity contribution >= 4 is 58.0 Å². The first-order chi connectivity index (χ1) is 16.8. The molecule has 0 radical (unpaired) electrons. The predicted octanol–water partition coefficient (Wildman–Crippen LogP) is 5.94. The van der Waals surface area contributed by atoms with Gasteiger partial charge in [0.05, 0.1) is 11.6 Å².